The Morgan fingerprint density at radius 2 is 1.74 bits per heavy atom. The van der Waals surface area contributed by atoms with Crippen LogP contribution in [0.15, 0.2) is 42.5 Å². The molecule has 100 valence electrons. The average molecular weight is 262 g/mol. The fourth-order valence-electron chi connectivity index (χ4n) is 1.86. The van der Waals surface area contributed by atoms with Crippen LogP contribution in [0.5, 0.6) is 0 Å². The van der Waals surface area contributed by atoms with E-state index in [1.807, 2.05) is 31.2 Å². The molecule has 0 saturated carbocycles. The molecule has 0 bridgehead atoms. The Bertz CT molecular complexity index is 553. The Kier molecular flexibility index (Phi) is 4.12. The van der Waals surface area contributed by atoms with Crippen LogP contribution in [-0.4, -0.2) is 6.54 Å². The molecule has 0 radical (unpaired) electrons. The first-order valence-electron chi connectivity index (χ1n) is 6.08. The predicted octanol–water partition coefficient (Wildman–Crippen LogP) is 3.39. The van der Waals surface area contributed by atoms with Gasteiger partial charge in [-0.25, -0.2) is 8.78 Å². The predicted molar refractivity (Wildman–Crippen MR) is 73.0 cm³/mol. The summed E-state index contributed by atoms with van der Waals surface area (Å²) < 4.78 is 26.1. The SMILES string of the molecule is Cc1ccc(NC(CN)c2ccc(F)c(F)c2)cc1. The molecule has 4 heteroatoms. The molecule has 0 amide bonds. The molecule has 19 heavy (non-hydrogen) atoms. The van der Waals surface area contributed by atoms with E-state index < -0.39 is 11.6 Å². The van der Waals surface area contributed by atoms with Crippen molar-refractivity contribution in [2.45, 2.75) is 13.0 Å². The molecule has 1 unspecified atom stereocenters. The van der Waals surface area contributed by atoms with Gasteiger partial charge < -0.3 is 11.1 Å². The molecule has 0 spiro atoms. The molecule has 0 saturated heterocycles. The second-order valence-electron chi connectivity index (χ2n) is 4.47. The molecule has 0 aliphatic rings. The third kappa shape index (κ3) is 3.29. The number of halogens is 2. The first-order chi connectivity index (χ1) is 9.10. The van der Waals surface area contributed by atoms with Crippen LogP contribution in [0, 0.1) is 18.6 Å². The number of hydrogen-bond acceptors (Lipinski definition) is 2. The summed E-state index contributed by atoms with van der Waals surface area (Å²) in [5, 5.41) is 3.20. The summed E-state index contributed by atoms with van der Waals surface area (Å²) in [6.07, 6.45) is 0. The van der Waals surface area contributed by atoms with Crippen LogP contribution in [-0.2, 0) is 0 Å². The maximum absolute atomic E-state index is 13.2. The molecule has 2 aromatic carbocycles. The first kappa shape index (κ1) is 13.5. The van der Waals surface area contributed by atoms with E-state index in [0.717, 1.165) is 17.3 Å². The van der Waals surface area contributed by atoms with Crippen LogP contribution in [0.25, 0.3) is 0 Å². The molecule has 1 atom stereocenters. The van der Waals surface area contributed by atoms with E-state index in [2.05, 4.69) is 5.32 Å². The topological polar surface area (TPSA) is 38.0 Å². The Balaban J connectivity index is 2.19. The van der Waals surface area contributed by atoms with Gasteiger partial charge in [0.25, 0.3) is 0 Å². The highest BCUT2D eigenvalue weighted by Gasteiger charge is 2.12. The van der Waals surface area contributed by atoms with Crippen LogP contribution in [0.3, 0.4) is 0 Å². The molecule has 0 aromatic heterocycles. The lowest BCUT2D eigenvalue weighted by Gasteiger charge is -2.19. The lowest BCUT2D eigenvalue weighted by molar-refractivity contribution is 0.506. The van der Waals surface area contributed by atoms with Gasteiger partial charge in [0.15, 0.2) is 11.6 Å². The average Bonchev–Trinajstić information content (AvgIpc) is 2.41. The van der Waals surface area contributed by atoms with Gasteiger partial charge in [-0.1, -0.05) is 23.8 Å². The number of benzene rings is 2. The minimum Gasteiger partial charge on any atom is -0.377 e. The van der Waals surface area contributed by atoms with Crippen molar-refractivity contribution in [1.29, 1.82) is 0 Å². The summed E-state index contributed by atoms with van der Waals surface area (Å²) in [6.45, 7) is 2.29. The monoisotopic (exact) mass is 262 g/mol. The highest BCUT2D eigenvalue weighted by atomic mass is 19.2. The molecule has 0 aliphatic carbocycles. The summed E-state index contributed by atoms with van der Waals surface area (Å²) in [5.41, 5.74) is 8.37. The van der Waals surface area contributed by atoms with Crippen molar-refractivity contribution in [3.05, 3.63) is 65.2 Å². The lowest BCUT2D eigenvalue weighted by Crippen LogP contribution is -2.20. The molecule has 0 fully saturated rings. The summed E-state index contributed by atoms with van der Waals surface area (Å²) in [4.78, 5) is 0. The van der Waals surface area contributed by atoms with Gasteiger partial charge in [0.05, 0.1) is 6.04 Å². The van der Waals surface area contributed by atoms with Gasteiger partial charge in [-0.3, -0.25) is 0 Å². The zero-order chi connectivity index (χ0) is 13.8. The van der Waals surface area contributed by atoms with Crippen LogP contribution in [0.4, 0.5) is 14.5 Å². The van der Waals surface area contributed by atoms with E-state index in [0.29, 0.717) is 12.1 Å². The number of aryl methyl sites for hydroxylation is 1. The molecule has 2 rings (SSSR count). The first-order valence-corrected chi connectivity index (χ1v) is 6.08. The maximum atomic E-state index is 13.2. The Hall–Kier alpha value is -1.94. The van der Waals surface area contributed by atoms with Crippen LogP contribution >= 0.6 is 0 Å². The Morgan fingerprint density at radius 1 is 1.05 bits per heavy atom. The number of nitrogens with two attached hydrogens (primary N) is 1. The summed E-state index contributed by atoms with van der Waals surface area (Å²) >= 11 is 0. The summed E-state index contributed by atoms with van der Waals surface area (Å²) in [6, 6.07) is 11.4. The molecular weight excluding hydrogens is 246 g/mol. The minimum absolute atomic E-state index is 0.252. The van der Waals surface area contributed by atoms with Gasteiger partial charge >= 0.3 is 0 Å². The Morgan fingerprint density at radius 3 is 2.32 bits per heavy atom. The quantitative estimate of drug-likeness (QED) is 0.886. The second kappa shape index (κ2) is 5.80. The second-order valence-corrected chi connectivity index (χ2v) is 4.47. The number of rotatable bonds is 4. The van der Waals surface area contributed by atoms with Gasteiger partial charge in [0.2, 0.25) is 0 Å². The summed E-state index contributed by atoms with van der Waals surface area (Å²) in [7, 11) is 0. The molecule has 2 nitrogen and oxygen atoms in total. The van der Waals surface area contributed by atoms with E-state index in [9.17, 15) is 8.78 Å². The zero-order valence-corrected chi connectivity index (χ0v) is 10.7. The van der Waals surface area contributed by atoms with E-state index in [1.54, 1.807) is 0 Å². The van der Waals surface area contributed by atoms with Crippen molar-refractivity contribution < 1.29 is 8.78 Å². The van der Waals surface area contributed by atoms with E-state index in [-0.39, 0.29) is 6.04 Å². The lowest BCUT2D eigenvalue weighted by atomic mass is 10.1. The summed E-state index contributed by atoms with van der Waals surface area (Å²) in [5.74, 6) is -1.71. The van der Waals surface area contributed by atoms with Gasteiger partial charge in [-0.05, 0) is 36.8 Å². The normalized spacial score (nSPS) is 12.2. The van der Waals surface area contributed by atoms with E-state index >= 15 is 0 Å². The van der Waals surface area contributed by atoms with Crippen molar-refractivity contribution in [3.8, 4) is 0 Å². The number of hydrogen-bond donors (Lipinski definition) is 2. The standard InChI is InChI=1S/C15H16F2N2/c1-10-2-5-12(6-3-10)19-15(9-18)11-4-7-13(16)14(17)8-11/h2-8,15,19H,9,18H2,1H3. The van der Waals surface area contributed by atoms with Crippen molar-refractivity contribution in [2.24, 2.45) is 5.73 Å². The fraction of sp³-hybridized carbons (Fsp3) is 0.200. The highest BCUT2D eigenvalue weighted by molar-refractivity contribution is 5.46. The van der Waals surface area contributed by atoms with Crippen molar-refractivity contribution in [1.82, 2.24) is 0 Å². The van der Waals surface area contributed by atoms with E-state index in [4.69, 9.17) is 5.73 Å². The van der Waals surface area contributed by atoms with Crippen molar-refractivity contribution >= 4 is 5.69 Å². The van der Waals surface area contributed by atoms with Crippen molar-refractivity contribution in [3.63, 3.8) is 0 Å². The van der Waals surface area contributed by atoms with Crippen LogP contribution in [0.2, 0.25) is 0 Å². The minimum atomic E-state index is -0.860. The van der Waals surface area contributed by atoms with Gasteiger partial charge in [0, 0.05) is 12.2 Å². The number of nitrogens with one attached hydrogen (secondary N) is 1. The third-order valence-electron chi connectivity index (χ3n) is 2.97. The van der Waals surface area contributed by atoms with Gasteiger partial charge in [-0.2, -0.15) is 0 Å². The molecule has 0 aliphatic heterocycles. The molecular formula is C15H16F2N2. The van der Waals surface area contributed by atoms with Crippen LogP contribution < -0.4 is 11.1 Å². The van der Waals surface area contributed by atoms with Crippen molar-refractivity contribution in [2.75, 3.05) is 11.9 Å². The third-order valence-corrected chi connectivity index (χ3v) is 2.97. The maximum Gasteiger partial charge on any atom is 0.159 e. The fourth-order valence-corrected chi connectivity index (χ4v) is 1.86. The molecule has 2 aromatic rings. The van der Waals surface area contributed by atoms with Gasteiger partial charge in [0.1, 0.15) is 0 Å². The molecule has 0 heterocycles. The largest absolute Gasteiger partial charge is 0.377 e. The molecule has 3 N–H and O–H groups in total. The number of anilines is 1. The van der Waals surface area contributed by atoms with Crippen LogP contribution in [0.1, 0.15) is 17.2 Å². The Labute approximate surface area is 111 Å². The smallest absolute Gasteiger partial charge is 0.159 e. The highest BCUT2D eigenvalue weighted by Crippen LogP contribution is 2.21. The van der Waals surface area contributed by atoms with E-state index in [1.165, 1.54) is 12.1 Å². The van der Waals surface area contributed by atoms with Gasteiger partial charge in [-0.15, -0.1) is 0 Å². The zero-order valence-electron chi connectivity index (χ0n) is 10.7.